The molecule has 0 spiro atoms. The van der Waals surface area contributed by atoms with Crippen LogP contribution in [0.1, 0.15) is 25.0 Å². The van der Waals surface area contributed by atoms with Crippen LogP contribution < -0.4 is 10.4 Å². The molecule has 0 amide bonds. The van der Waals surface area contributed by atoms with E-state index in [0.29, 0.717) is 16.9 Å². The lowest BCUT2D eigenvalue weighted by molar-refractivity contribution is 0.160. The molecule has 1 aromatic heterocycles. The topological polar surface area (TPSA) is 39.4 Å². The Kier molecular flexibility index (Phi) is 2.14. The third kappa shape index (κ3) is 1.63. The SMILES string of the molecule is Cc1ccc2c3c(c(=O)oc2c1)C=CC(C)(C)O3. The van der Waals surface area contributed by atoms with Crippen LogP contribution in [0.25, 0.3) is 17.0 Å². The molecule has 2 heterocycles. The minimum absolute atomic E-state index is 0.352. The molecule has 0 unspecified atom stereocenters. The van der Waals surface area contributed by atoms with Crippen molar-refractivity contribution in [3.05, 3.63) is 45.8 Å². The molecule has 0 saturated carbocycles. The summed E-state index contributed by atoms with van der Waals surface area (Å²) in [6.45, 7) is 5.88. The summed E-state index contributed by atoms with van der Waals surface area (Å²) in [5.74, 6) is 0.619. The van der Waals surface area contributed by atoms with Gasteiger partial charge in [-0.25, -0.2) is 4.79 Å². The molecule has 0 atom stereocenters. The van der Waals surface area contributed by atoms with Crippen molar-refractivity contribution >= 4 is 17.0 Å². The summed E-state index contributed by atoms with van der Waals surface area (Å²) in [7, 11) is 0. The largest absolute Gasteiger partial charge is 0.482 e. The summed E-state index contributed by atoms with van der Waals surface area (Å²) in [6.07, 6.45) is 3.65. The molecule has 3 rings (SSSR count). The van der Waals surface area contributed by atoms with Gasteiger partial charge in [-0.15, -0.1) is 0 Å². The number of ether oxygens (including phenoxy) is 1. The van der Waals surface area contributed by atoms with E-state index in [2.05, 4.69) is 0 Å². The van der Waals surface area contributed by atoms with Crippen molar-refractivity contribution in [1.82, 2.24) is 0 Å². The molecule has 18 heavy (non-hydrogen) atoms. The molecule has 92 valence electrons. The van der Waals surface area contributed by atoms with Gasteiger partial charge >= 0.3 is 5.63 Å². The van der Waals surface area contributed by atoms with Crippen molar-refractivity contribution in [2.75, 3.05) is 0 Å². The Morgan fingerprint density at radius 2 is 2.00 bits per heavy atom. The minimum atomic E-state index is -0.404. The van der Waals surface area contributed by atoms with Crippen LogP contribution in [0.4, 0.5) is 0 Å². The third-order valence-corrected chi connectivity index (χ3v) is 3.07. The highest BCUT2D eigenvalue weighted by atomic mass is 16.5. The van der Waals surface area contributed by atoms with Gasteiger partial charge in [0.15, 0.2) is 0 Å². The highest BCUT2D eigenvalue weighted by Gasteiger charge is 2.26. The van der Waals surface area contributed by atoms with E-state index in [1.165, 1.54) is 0 Å². The number of hydrogen-bond donors (Lipinski definition) is 0. The maximum Gasteiger partial charge on any atom is 0.347 e. The van der Waals surface area contributed by atoms with E-state index in [1.54, 1.807) is 6.08 Å². The first kappa shape index (κ1) is 11.1. The van der Waals surface area contributed by atoms with Crippen LogP contribution in [0.5, 0.6) is 5.75 Å². The monoisotopic (exact) mass is 242 g/mol. The zero-order valence-electron chi connectivity index (χ0n) is 10.6. The second kappa shape index (κ2) is 3.48. The highest BCUT2D eigenvalue weighted by molar-refractivity contribution is 5.88. The Morgan fingerprint density at radius 3 is 2.78 bits per heavy atom. The number of hydrogen-bond acceptors (Lipinski definition) is 3. The van der Waals surface area contributed by atoms with Crippen molar-refractivity contribution in [2.24, 2.45) is 0 Å². The van der Waals surface area contributed by atoms with Gasteiger partial charge < -0.3 is 9.15 Å². The molecule has 0 fully saturated rings. The normalized spacial score (nSPS) is 16.4. The standard InChI is InChI=1S/C15H14O3/c1-9-4-5-10-12(8-9)17-14(16)11-6-7-15(2,3)18-13(10)11/h4-8H,1-3H3. The zero-order chi connectivity index (χ0) is 12.9. The van der Waals surface area contributed by atoms with Crippen molar-refractivity contribution in [1.29, 1.82) is 0 Å². The molecular weight excluding hydrogens is 228 g/mol. The van der Waals surface area contributed by atoms with Crippen LogP contribution in [-0.4, -0.2) is 5.60 Å². The average Bonchev–Trinajstić information content (AvgIpc) is 2.27. The van der Waals surface area contributed by atoms with E-state index < -0.39 is 5.60 Å². The summed E-state index contributed by atoms with van der Waals surface area (Å²) in [5.41, 5.74) is 1.36. The second-order valence-corrected chi connectivity index (χ2v) is 5.17. The maximum atomic E-state index is 11.9. The van der Waals surface area contributed by atoms with Gasteiger partial charge in [0.25, 0.3) is 0 Å². The molecule has 3 heteroatoms. The van der Waals surface area contributed by atoms with Gasteiger partial charge in [0, 0.05) is 0 Å². The van der Waals surface area contributed by atoms with E-state index in [4.69, 9.17) is 9.15 Å². The molecule has 0 saturated heterocycles. The summed E-state index contributed by atoms with van der Waals surface area (Å²) >= 11 is 0. The molecule has 2 aromatic rings. The Morgan fingerprint density at radius 1 is 1.22 bits per heavy atom. The molecule has 1 aliphatic rings. The fraction of sp³-hybridized carbons (Fsp3) is 0.267. The summed E-state index contributed by atoms with van der Waals surface area (Å²) in [4.78, 5) is 11.9. The fourth-order valence-corrected chi connectivity index (χ4v) is 2.13. The molecule has 0 aliphatic carbocycles. The van der Waals surface area contributed by atoms with E-state index in [1.807, 2.05) is 45.0 Å². The van der Waals surface area contributed by atoms with Crippen LogP contribution in [0.15, 0.2) is 33.5 Å². The fourth-order valence-electron chi connectivity index (χ4n) is 2.13. The second-order valence-electron chi connectivity index (χ2n) is 5.17. The smallest absolute Gasteiger partial charge is 0.347 e. The van der Waals surface area contributed by atoms with Gasteiger partial charge in [0.05, 0.1) is 5.39 Å². The van der Waals surface area contributed by atoms with E-state index >= 15 is 0 Å². The van der Waals surface area contributed by atoms with E-state index in [-0.39, 0.29) is 5.63 Å². The van der Waals surface area contributed by atoms with E-state index in [9.17, 15) is 4.79 Å². The predicted molar refractivity (Wildman–Crippen MR) is 71.0 cm³/mol. The minimum Gasteiger partial charge on any atom is -0.482 e. The first-order valence-corrected chi connectivity index (χ1v) is 5.92. The summed E-state index contributed by atoms with van der Waals surface area (Å²) < 4.78 is 11.2. The van der Waals surface area contributed by atoms with Crippen LogP contribution in [0, 0.1) is 6.92 Å². The maximum absolute atomic E-state index is 11.9. The van der Waals surface area contributed by atoms with Crippen LogP contribution in [0.2, 0.25) is 0 Å². The Labute approximate surface area is 105 Å². The lowest BCUT2D eigenvalue weighted by atomic mass is 10.0. The first-order chi connectivity index (χ1) is 8.46. The quantitative estimate of drug-likeness (QED) is 0.665. The zero-order valence-corrected chi connectivity index (χ0v) is 10.6. The Hall–Kier alpha value is -2.03. The molecule has 0 bridgehead atoms. The molecule has 3 nitrogen and oxygen atoms in total. The third-order valence-electron chi connectivity index (χ3n) is 3.07. The first-order valence-electron chi connectivity index (χ1n) is 5.92. The van der Waals surface area contributed by atoms with Crippen LogP contribution in [-0.2, 0) is 0 Å². The number of rotatable bonds is 0. The van der Waals surface area contributed by atoms with Gasteiger partial charge in [-0.1, -0.05) is 6.07 Å². The predicted octanol–water partition coefficient (Wildman–Crippen LogP) is 3.29. The molecular formula is C15H14O3. The molecule has 0 radical (unpaired) electrons. The number of benzene rings is 1. The van der Waals surface area contributed by atoms with E-state index in [0.717, 1.165) is 10.9 Å². The van der Waals surface area contributed by atoms with Crippen molar-refractivity contribution < 1.29 is 9.15 Å². The summed E-state index contributed by atoms with van der Waals surface area (Å²) in [6, 6.07) is 5.77. The Bertz CT molecular complexity index is 720. The van der Waals surface area contributed by atoms with Gasteiger partial charge in [0.2, 0.25) is 0 Å². The highest BCUT2D eigenvalue weighted by Crippen LogP contribution is 2.35. The Balaban J connectivity index is 2.40. The van der Waals surface area contributed by atoms with Gasteiger partial charge in [0.1, 0.15) is 22.5 Å². The summed E-state index contributed by atoms with van der Waals surface area (Å²) in [5, 5.41) is 0.840. The van der Waals surface area contributed by atoms with Gasteiger partial charge in [-0.2, -0.15) is 0 Å². The number of fused-ring (bicyclic) bond motifs is 3. The molecule has 0 N–H and O–H groups in total. The van der Waals surface area contributed by atoms with Crippen molar-refractivity contribution in [2.45, 2.75) is 26.4 Å². The number of aryl methyl sites for hydroxylation is 1. The molecule has 1 aromatic carbocycles. The lowest BCUT2D eigenvalue weighted by Gasteiger charge is -2.27. The average molecular weight is 242 g/mol. The van der Waals surface area contributed by atoms with Crippen molar-refractivity contribution in [3.8, 4) is 5.75 Å². The van der Waals surface area contributed by atoms with Crippen molar-refractivity contribution in [3.63, 3.8) is 0 Å². The van der Waals surface area contributed by atoms with Crippen LogP contribution >= 0.6 is 0 Å². The van der Waals surface area contributed by atoms with Gasteiger partial charge in [-0.05, 0) is 50.6 Å². The van der Waals surface area contributed by atoms with Gasteiger partial charge in [-0.3, -0.25) is 0 Å². The molecule has 1 aliphatic heterocycles. The van der Waals surface area contributed by atoms with Crippen LogP contribution in [0.3, 0.4) is 0 Å². The lowest BCUT2D eigenvalue weighted by Crippen LogP contribution is -2.29.